The van der Waals surface area contributed by atoms with E-state index in [1.807, 2.05) is 0 Å². The molecule has 5 nitrogen and oxygen atoms in total. The Morgan fingerprint density at radius 3 is 2.94 bits per heavy atom. The van der Waals surface area contributed by atoms with Gasteiger partial charge in [0, 0.05) is 12.1 Å². The van der Waals surface area contributed by atoms with Gasteiger partial charge in [-0.15, -0.1) is 0 Å². The molecule has 1 N–H and O–H groups in total. The fourth-order valence-corrected chi connectivity index (χ4v) is 1.84. The minimum Gasteiger partial charge on any atom is -0.481 e. The van der Waals surface area contributed by atoms with Crippen molar-refractivity contribution in [2.45, 2.75) is 12.5 Å². The van der Waals surface area contributed by atoms with Crippen LogP contribution in [0.3, 0.4) is 0 Å². The summed E-state index contributed by atoms with van der Waals surface area (Å²) in [6.45, 7) is 0. The van der Waals surface area contributed by atoms with E-state index in [2.05, 4.69) is 0 Å². The fraction of sp³-hybridized carbons (Fsp3) is 0.273. The van der Waals surface area contributed by atoms with Crippen LogP contribution in [-0.4, -0.2) is 30.1 Å². The van der Waals surface area contributed by atoms with Crippen LogP contribution in [0.4, 0.5) is 5.69 Å². The van der Waals surface area contributed by atoms with E-state index in [4.69, 9.17) is 21.4 Å². The van der Waals surface area contributed by atoms with Crippen molar-refractivity contribution >= 4 is 29.2 Å². The number of ether oxygens (including phenoxy) is 1. The molecule has 1 unspecified atom stereocenters. The highest BCUT2D eigenvalue weighted by Crippen LogP contribution is 2.35. The Kier molecular flexibility index (Phi) is 2.93. The van der Waals surface area contributed by atoms with Crippen molar-refractivity contribution in [2.24, 2.45) is 0 Å². The first-order chi connectivity index (χ1) is 7.99. The van der Waals surface area contributed by atoms with Crippen molar-refractivity contribution in [3.05, 3.63) is 23.2 Å². The smallest absolute Gasteiger partial charge is 0.307 e. The molecule has 1 aliphatic heterocycles. The van der Waals surface area contributed by atoms with E-state index in [0.717, 1.165) is 0 Å². The third kappa shape index (κ3) is 2.19. The van der Waals surface area contributed by atoms with Gasteiger partial charge >= 0.3 is 5.97 Å². The maximum Gasteiger partial charge on any atom is 0.307 e. The Morgan fingerprint density at radius 1 is 1.59 bits per heavy atom. The molecular weight excluding hydrogens is 246 g/mol. The van der Waals surface area contributed by atoms with E-state index in [9.17, 15) is 9.59 Å². The molecule has 1 aromatic carbocycles. The molecule has 6 heteroatoms. The minimum atomic E-state index is -1.07. The van der Waals surface area contributed by atoms with Gasteiger partial charge in [-0.05, 0) is 18.2 Å². The Labute approximate surface area is 103 Å². The number of amides is 1. The summed E-state index contributed by atoms with van der Waals surface area (Å²) in [6.07, 6.45) is -1.34. The van der Waals surface area contributed by atoms with Crippen LogP contribution in [0.2, 0.25) is 5.02 Å². The van der Waals surface area contributed by atoms with Gasteiger partial charge in [0.1, 0.15) is 5.75 Å². The molecular formula is C11H10ClNO4. The third-order valence-electron chi connectivity index (χ3n) is 2.52. The molecule has 90 valence electrons. The molecule has 1 heterocycles. The number of carbonyl (C=O) groups is 2. The molecule has 2 rings (SSSR count). The SMILES string of the molecule is CN1C(=O)C(CC(=O)O)Oc2ccc(Cl)cc21. The number of aliphatic carboxylic acids is 1. The Morgan fingerprint density at radius 2 is 2.29 bits per heavy atom. The lowest BCUT2D eigenvalue weighted by atomic mass is 10.1. The number of hydrogen-bond acceptors (Lipinski definition) is 3. The summed E-state index contributed by atoms with van der Waals surface area (Å²) in [5, 5.41) is 9.18. The highest BCUT2D eigenvalue weighted by atomic mass is 35.5. The molecule has 0 radical (unpaired) electrons. The standard InChI is InChI=1S/C11H10ClNO4/c1-13-7-4-6(12)2-3-8(7)17-9(11(13)16)5-10(14)15/h2-4,9H,5H2,1H3,(H,14,15). The predicted molar refractivity (Wildman–Crippen MR) is 61.5 cm³/mol. The van der Waals surface area contributed by atoms with Crippen molar-refractivity contribution in [1.82, 2.24) is 0 Å². The average molecular weight is 256 g/mol. The van der Waals surface area contributed by atoms with Gasteiger partial charge in [-0.25, -0.2) is 0 Å². The topological polar surface area (TPSA) is 66.8 Å². The number of carboxylic acids is 1. The summed E-state index contributed by atoms with van der Waals surface area (Å²) in [6, 6.07) is 4.85. The van der Waals surface area contributed by atoms with Crippen molar-refractivity contribution in [3.8, 4) is 5.75 Å². The summed E-state index contributed by atoms with van der Waals surface area (Å²) in [5.74, 6) is -1.00. The maximum absolute atomic E-state index is 11.8. The fourth-order valence-electron chi connectivity index (χ4n) is 1.68. The summed E-state index contributed by atoms with van der Waals surface area (Å²) in [4.78, 5) is 23.8. The quantitative estimate of drug-likeness (QED) is 0.870. The van der Waals surface area contributed by atoms with Crippen molar-refractivity contribution < 1.29 is 19.4 Å². The Balaban J connectivity index is 2.35. The number of nitrogens with zero attached hydrogens (tertiary/aromatic N) is 1. The molecule has 1 amide bonds. The van der Waals surface area contributed by atoms with Gasteiger partial charge in [-0.2, -0.15) is 0 Å². The zero-order valence-electron chi connectivity index (χ0n) is 9.01. The van der Waals surface area contributed by atoms with Crippen LogP contribution in [-0.2, 0) is 9.59 Å². The van der Waals surface area contributed by atoms with Crippen molar-refractivity contribution in [1.29, 1.82) is 0 Å². The minimum absolute atomic E-state index is 0.356. The lowest BCUT2D eigenvalue weighted by molar-refractivity contribution is -0.142. The third-order valence-corrected chi connectivity index (χ3v) is 2.75. The van der Waals surface area contributed by atoms with E-state index >= 15 is 0 Å². The van der Waals surface area contributed by atoms with E-state index in [1.165, 1.54) is 4.90 Å². The lowest BCUT2D eigenvalue weighted by Gasteiger charge is -2.31. The second-order valence-electron chi connectivity index (χ2n) is 3.71. The predicted octanol–water partition coefficient (Wildman–Crippen LogP) is 1.54. The Hall–Kier alpha value is -1.75. The second kappa shape index (κ2) is 4.25. The number of rotatable bonds is 2. The maximum atomic E-state index is 11.8. The average Bonchev–Trinajstić information content (AvgIpc) is 2.26. The van der Waals surface area contributed by atoms with Gasteiger partial charge < -0.3 is 14.7 Å². The van der Waals surface area contributed by atoms with Gasteiger partial charge in [0.05, 0.1) is 12.1 Å². The highest BCUT2D eigenvalue weighted by Gasteiger charge is 2.33. The largest absolute Gasteiger partial charge is 0.481 e. The molecule has 0 saturated carbocycles. The summed E-state index contributed by atoms with van der Waals surface area (Å²) in [7, 11) is 1.56. The molecule has 0 fully saturated rings. The van der Waals surface area contributed by atoms with Crippen LogP contribution >= 0.6 is 11.6 Å². The number of hydrogen-bond donors (Lipinski definition) is 1. The number of carboxylic acid groups (broad SMARTS) is 1. The van der Waals surface area contributed by atoms with Gasteiger partial charge in [-0.1, -0.05) is 11.6 Å². The molecule has 1 aliphatic rings. The number of anilines is 1. The zero-order valence-corrected chi connectivity index (χ0v) is 9.77. The van der Waals surface area contributed by atoms with E-state index < -0.39 is 12.1 Å². The van der Waals surface area contributed by atoms with Gasteiger partial charge in [0.2, 0.25) is 0 Å². The zero-order chi connectivity index (χ0) is 12.6. The lowest BCUT2D eigenvalue weighted by Crippen LogP contribution is -2.44. The summed E-state index contributed by atoms with van der Waals surface area (Å²) >= 11 is 5.82. The van der Waals surface area contributed by atoms with Crippen LogP contribution in [0.5, 0.6) is 5.75 Å². The van der Waals surface area contributed by atoms with Gasteiger partial charge in [0.15, 0.2) is 6.10 Å². The van der Waals surface area contributed by atoms with Crippen LogP contribution in [0, 0.1) is 0 Å². The van der Waals surface area contributed by atoms with Gasteiger partial charge in [0.25, 0.3) is 5.91 Å². The first-order valence-corrected chi connectivity index (χ1v) is 5.32. The summed E-state index contributed by atoms with van der Waals surface area (Å²) < 4.78 is 5.35. The molecule has 0 spiro atoms. The number of benzene rings is 1. The molecule has 0 bridgehead atoms. The highest BCUT2D eigenvalue weighted by molar-refractivity contribution is 6.31. The molecule has 17 heavy (non-hydrogen) atoms. The van der Waals surface area contributed by atoms with Crippen LogP contribution in [0.25, 0.3) is 0 Å². The van der Waals surface area contributed by atoms with Gasteiger partial charge in [-0.3, -0.25) is 9.59 Å². The van der Waals surface area contributed by atoms with Crippen LogP contribution < -0.4 is 9.64 Å². The van der Waals surface area contributed by atoms with Crippen LogP contribution in [0.15, 0.2) is 18.2 Å². The number of carbonyl (C=O) groups excluding carboxylic acids is 1. The monoisotopic (exact) mass is 255 g/mol. The number of likely N-dealkylation sites (N-methyl/N-ethyl adjacent to an activating group) is 1. The Bertz CT molecular complexity index is 488. The van der Waals surface area contributed by atoms with Crippen molar-refractivity contribution in [3.63, 3.8) is 0 Å². The summed E-state index contributed by atoms with van der Waals surface area (Å²) in [5.41, 5.74) is 0.545. The first-order valence-electron chi connectivity index (χ1n) is 4.94. The molecule has 0 saturated heterocycles. The van der Waals surface area contributed by atoms with E-state index in [-0.39, 0.29) is 12.3 Å². The molecule has 1 atom stereocenters. The van der Waals surface area contributed by atoms with Crippen molar-refractivity contribution in [2.75, 3.05) is 11.9 Å². The first kappa shape index (κ1) is 11.7. The van der Waals surface area contributed by atoms with E-state index in [1.54, 1.807) is 25.2 Å². The number of fused-ring (bicyclic) bond motifs is 1. The number of halogens is 1. The second-order valence-corrected chi connectivity index (χ2v) is 4.15. The van der Waals surface area contributed by atoms with E-state index in [0.29, 0.717) is 16.5 Å². The van der Waals surface area contributed by atoms with Crippen LogP contribution in [0.1, 0.15) is 6.42 Å². The molecule has 1 aromatic rings. The molecule has 0 aromatic heterocycles. The normalized spacial score (nSPS) is 18.6. The molecule has 0 aliphatic carbocycles.